The first-order valence-corrected chi connectivity index (χ1v) is 5.81. The SMILES string of the molecule is CC(=O)c1cscc1OCc1ccccn1. The van der Waals surface area contributed by atoms with Gasteiger partial charge in [0.15, 0.2) is 5.78 Å². The average molecular weight is 233 g/mol. The van der Waals surface area contributed by atoms with E-state index in [2.05, 4.69) is 4.98 Å². The maximum atomic E-state index is 11.2. The summed E-state index contributed by atoms with van der Waals surface area (Å²) in [4.78, 5) is 15.4. The summed E-state index contributed by atoms with van der Waals surface area (Å²) in [5.74, 6) is 0.667. The molecule has 0 bridgehead atoms. The van der Waals surface area contributed by atoms with Crippen LogP contribution in [0, 0.1) is 0 Å². The van der Waals surface area contributed by atoms with E-state index in [1.807, 2.05) is 23.6 Å². The monoisotopic (exact) mass is 233 g/mol. The molecule has 0 spiro atoms. The Morgan fingerprint density at radius 2 is 2.31 bits per heavy atom. The van der Waals surface area contributed by atoms with Gasteiger partial charge >= 0.3 is 0 Å². The van der Waals surface area contributed by atoms with Crippen molar-refractivity contribution in [3.8, 4) is 5.75 Å². The summed E-state index contributed by atoms with van der Waals surface area (Å²) in [6, 6.07) is 5.65. The van der Waals surface area contributed by atoms with Crippen molar-refractivity contribution in [2.75, 3.05) is 0 Å². The number of hydrogen-bond donors (Lipinski definition) is 0. The highest BCUT2D eigenvalue weighted by molar-refractivity contribution is 7.08. The normalized spacial score (nSPS) is 10.1. The van der Waals surface area contributed by atoms with Gasteiger partial charge < -0.3 is 4.74 Å². The minimum absolute atomic E-state index is 0.0253. The topological polar surface area (TPSA) is 39.2 Å². The summed E-state index contributed by atoms with van der Waals surface area (Å²) in [6.45, 7) is 1.92. The highest BCUT2D eigenvalue weighted by Crippen LogP contribution is 2.24. The van der Waals surface area contributed by atoms with Gasteiger partial charge in [0.2, 0.25) is 0 Å². The molecular formula is C12H11NO2S. The maximum Gasteiger partial charge on any atom is 0.164 e. The highest BCUT2D eigenvalue weighted by atomic mass is 32.1. The second kappa shape index (κ2) is 4.90. The largest absolute Gasteiger partial charge is 0.486 e. The van der Waals surface area contributed by atoms with Crippen molar-refractivity contribution >= 4 is 17.1 Å². The molecule has 0 aliphatic rings. The Labute approximate surface area is 97.7 Å². The molecule has 0 atom stereocenters. The van der Waals surface area contributed by atoms with Crippen molar-refractivity contribution in [3.63, 3.8) is 0 Å². The number of hydrogen-bond acceptors (Lipinski definition) is 4. The van der Waals surface area contributed by atoms with Crippen LogP contribution >= 0.6 is 11.3 Å². The number of nitrogens with zero attached hydrogens (tertiary/aromatic N) is 1. The fraction of sp³-hybridized carbons (Fsp3) is 0.167. The summed E-state index contributed by atoms with van der Waals surface area (Å²) in [5.41, 5.74) is 1.49. The van der Waals surface area contributed by atoms with E-state index in [1.165, 1.54) is 18.3 Å². The molecule has 0 fully saturated rings. The van der Waals surface area contributed by atoms with Crippen molar-refractivity contribution < 1.29 is 9.53 Å². The number of carbonyl (C=O) groups excluding carboxylic acids is 1. The lowest BCUT2D eigenvalue weighted by atomic mass is 10.2. The van der Waals surface area contributed by atoms with Crippen LogP contribution < -0.4 is 4.74 Å². The van der Waals surface area contributed by atoms with E-state index in [0.717, 1.165) is 5.69 Å². The molecule has 0 N–H and O–H groups in total. The lowest BCUT2D eigenvalue weighted by molar-refractivity contribution is 0.101. The van der Waals surface area contributed by atoms with Gasteiger partial charge in [-0.2, -0.15) is 0 Å². The minimum atomic E-state index is 0.0253. The molecule has 0 aliphatic carbocycles. The van der Waals surface area contributed by atoms with Crippen molar-refractivity contribution in [1.29, 1.82) is 0 Å². The Bertz CT molecular complexity index is 479. The van der Waals surface area contributed by atoms with Gasteiger partial charge in [-0.15, -0.1) is 11.3 Å². The molecule has 2 rings (SSSR count). The second-order valence-corrected chi connectivity index (χ2v) is 4.06. The molecule has 16 heavy (non-hydrogen) atoms. The molecule has 0 saturated carbocycles. The smallest absolute Gasteiger partial charge is 0.164 e. The lowest BCUT2D eigenvalue weighted by Crippen LogP contribution is -2.00. The van der Waals surface area contributed by atoms with Gasteiger partial charge in [0.25, 0.3) is 0 Å². The van der Waals surface area contributed by atoms with Crippen molar-refractivity contribution in [1.82, 2.24) is 4.98 Å². The van der Waals surface area contributed by atoms with Crippen LogP contribution in [0.5, 0.6) is 5.75 Å². The molecule has 0 aliphatic heterocycles. The lowest BCUT2D eigenvalue weighted by Gasteiger charge is -2.04. The van der Waals surface area contributed by atoms with Gasteiger partial charge in [0.1, 0.15) is 12.4 Å². The molecule has 2 aromatic heterocycles. The Kier molecular flexibility index (Phi) is 3.31. The van der Waals surface area contributed by atoms with Gasteiger partial charge in [0, 0.05) is 17.0 Å². The number of ketones is 1. The van der Waals surface area contributed by atoms with Crippen LogP contribution in [-0.4, -0.2) is 10.8 Å². The van der Waals surface area contributed by atoms with Crippen LogP contribution in [0.2, 0.25) is 0 Å². The molecule has 3 nitrogen and oxygen atoms in total. The van der Waals surface area contributed by atoms with E-state index < -0.39 is 0 Å². The number of rotatable bonds is 4. The average Bonchev–Trinajstić information content (AvgIpc) is 2.76. The van der Waals surface area contributed by atoms with Gasteiger partial charge in [-0.3, -0.25) is 9.78 Å². The van der Waals surface area contributed by atoms with E-state index in [-0.39, 0.29) is 5.78 Å². The Morgan fingerprint density at radius 3 is 3.00 bits per heavy atom. The third-order valence-corrected chi connectivity index (χ3v) is 2.83. The van der Waals surface area contributed by atoms with Crippen molar-refractivity contribution in [3.05, 3.63) is 46.4 Å². The van der Waals surface area contributed by atoms with E-state index in [4.69, 9.17) is 4.74 Å². The molecule has 2 aromatic rings. The predicted octanol–water partition coefficient (Wildman–Crippen LogP) is 2.92. The number of pyridine rings is 1. The molecule has 0 radical (unpaired) electrons. The van der Waals surface area contributed by atoms with Crippen LogP contribution in [-0.2, 0) is 6.61 Å². The van der Waals surface area contributed by atoms with Gasteiger partial charge in [-0.25, -0.2) is 0 Å². The Balaban J connectivity index is 2.05. The molecule has 0 amide bonds. The number of thiophene rings is 1. The zero-order chi connectivity index (χ0) is 11.4. The molecule has 0 aromatic carbocycles. The summed E-state index contributed by atoms with van der Waals surface area (Å²) in [7, 11) is 0. The standard InChI is InChI=1S/C12H11NO2S/c1-9(14)11-7-16-8-12(11)15-6-10-4-2-3-5-13-10/h2-5,7-8H,6H2,1H3. The zero-order valence-corrected chi connectivity index (χ0v) is 9.66. The maximum absolute atomic E-state index is 11.2. The number of ether oxygens (including phenoxy) is 1. The molecule has 0 saturated heterocycles. The quantitative estimate of drug-likeness (QED) is 0.762. The first kappa shape index (κ1) is 10.8. The third-order valence-electron chi connectivity index (χ3n) is 2.11. The Hall–Kier alpha value is -1.68. The van der Waals surface area contributed by atoms with Crippen LogP contribution in [0.4, 0.5) is 0 Å². The first-order valence-electron chi connectivity index (χ1n) is 4.87. The first-order chi connectivity index (χ1) is 7.77. The summed E-state index contributed by atoms with van der Waals surface area (Å²) in [6.07, 6.45) is 1.72. The van der Waals surface area contributed by atoms with Crippen LogP contribution in [0.25, 0.3) is 0 Å². The number of Topliss-reactive ketones (excluding diaryl/α,β-unsaturated/α-hetero) is 1. The number of carbonyl (C=O) groups is 1. The molecule has 2 heterocycles. The van der Waals surface area contributed by atoms with Crippen molar-refractivity contribution in [2.45, 2.75) is 13.5 Å². The van der Waals surface area contributed by atoms with E-state index in [0.29, 0.717) is 17.9 Å². The van der Waals surface area contributed by atoms with Crippen LogP contribution in [0.15, 0.2) is 35.2 Å². The predicted molar refractivity (Wildman–Crippen MR) is 62.9 cm³/mol. The van der Waals surface area contributed by atoms with E-state index in [1.54, 1.807) is 11.6 Å². The minimum Gasteiger partial charge on any atom is -0.486 e. The molecule has 82 valence electrons. The third kappa shape index (κ3) is 2.46. The van der Waals surface area contributed by atoms with Gasteiger partial charge in [0.05, 0.1) is 11.3 Å². The highest BCUT2D eigenvalue weighted by Gasteiger charge is 2.09. The second-order valence-electron chi connectivity index (χ2n) is 3.32. The molecule has 0 unspecified atom stereocenters. The molecule has 4 heteroatoms. The van der Waals surface area contributed by atoms with Crippen LogP contribution in [0.1, 0.15) is 23.0 Å². The van der Waals surface area contributed by atoms with E-state index in [9.17, 15) is 4.79 Å². The fourth-order valence-electron chi connectivity index (χ4n) is 1.29. The summed E-state index contributed by atoms with van der Waals surface area (Å²) < 4.78 is 5.55. The molecular weight excluding hydrogens is 222 g/mol. The van der Waals surface area contributed by atoms with E-state index >= 15 is 0 Å². The fourth-order valence-corrected chi connectivity index (χ4v) is 2.09. The summed E-state index contributed by atoms with van der Waals surface area (Å²) >= 11 is 1.46. The summed E-state index contributed by atoms with van der Waals surface area (Å²) in [5, 5.41) is 3.63. The van der Waals surface area contributed by atoms with Gasteiger partial charge in [-0.1, -0.05) is 6.07 Å². The van der Waals surface area contributed by atoms with Gasteiger partial charge in [-0.05, 0) is 19.1 Å². The Morgan fingerprint density at radius 1 is 1.44 bits per heavy atom. The zero-order valence-electron chi connectivity index (χ0n) is 8.84. The number of aromatic nitrogens is 1. The van der Waals surface area contributed by atoms with Crippen LogP contribution in [0.3, 0.4) is 0 Å². The van der Waals surface area contributed by atoms with Crippen molar-refractivity contribution in [2.24, 2.45) is 0 Å².